The molecule has 0 bridgehead atoms. The molecule has 0 radical (unpaired) electrons. The second kappa shape index (κ2) is 4.61. The highest BCUT2D eigenvalue weighted by Crippen LogP contribution is 2.50. The molecular weight excluding hydrogens is 445 g/mol. The lowest BCUT2D eigenvalue weighted by Gasteiger charge is -2.34. The lowest BCUT2D eigenvalue weighted by atomic mass is 9.74. The van der Waals surface area contributed by atoms with E-state index in [2.05, 4.69) is 67.0 Å². The number of aromatic nitrogens is 1. The molecule has 4 rings (SSSR count). The summed E-state index contributed by atoms with van der Waals surface area (Å²) in [4.78, 5) is 4.42. The number of nitrogens with one attached hydrogen (secondary N) is 1. The molecule has 6 heteroatoms. The molecule has 0 amide bonds. The Balaban J connectivity index is 2.05. The normalized spacial score (nSPS) is 22.1. The number of hydrogen-bond donors (Lipinski definition) is 2. The van der Waals surface area contributed by atoms with Gasteiger partial charge in [0, 0.05) is 31.9 Å². The number of pyridine rings is 1. The summed E-state index contributed by atoms with van der Waals surface area (Å²) in [6.07, 6.45) is 3.82. The maximum atomic E-state index is 6.01. The van der Waals surface area contributed by atoms with Crippen LogP contribution in [0.15, 0.2) is 46.8 Å². The number of ether oxygens (including phenoxy) is 1. The molecule has 0 aliphatic carbocycles. The zero-order valence-electron chi connectivity index (χ0n) is 10.9. The van der Waals surface area contributed by atoms with Gasteiger partial charge in [0.1, 0.15) is 5.75 Å². The van der Waals surface area contributed by atoms with Crippen LogP contribution in [0, 0.1) is 3.57 Å². The Kier molecular flexibility index (Phi) is 2.94. The zero-order chi connectivity index (χ0) is 14.6. The minimum absolute atomic E-state index is 0.328. The van der Waals surface area contributed by atoms with E-state index in [0.717, 1.165) is 21.3 Å². The summed E-state index contributed by atoms with van der Waals surface area (Å²) in [5.74, 6) is 2.16. The minimum Gasteiger partial charge on any atom is -0.438 e. The zero-order valence-corrected chi connectivity index (χ0v) is 14.6. The number of nitrogens with zero attached hydrogens (tertiary/aromatic N) is 1. The van der Waals surface area contributed by atoms with Gasteiger partial charge in [-0.25, -0.2) is 4.98 Å². The number of halogens is 2. The van der Waals surface area contributed by atoms with Gasteiger partial charge in [0.15, 0.2) is 0 Å². The fourth-order valence-corrected chi connectivity index (χ4v) is 3.79. The Bertz CT molecular complexity index is 739. The highest BCUT2D eigenvalue weighted by molar-refractivity contribution is 14.1. The van der Waals surface area contributed by atoms with Crippen LogP contribution in [0.1, 0.15) is 11.1 Å². The number of fused-ring (bicyclic) bond motifs is 4. The molecule has 2 aromatic rings. The summed E-state index contributed by atoms with van der Waals surface area (Å²) >= 11 is 5.81. The highest BCUT2D eigenvalue weighted by atomic mass is 127. The molecule has 106 valence electrons. The molecule has 0 saturated heterocycles. The summed E-state index contributed by atoms with van der Waals surface area (Å²) in [6.45, 7) is 0.709. The molecule has 0 fully saturated rings. The highest BCUT2D eigenvalue weighted by Gasteiger charge is 2.44. The van der Waals surface area contributed by atoms with E-state index >= 15 is 0 Å². The van der Waals surface area contributed by atoms with E-state index in [4.69, 9.17) is 10.5 Å². The van der Waals surface area contributed by atoms with Crippen molar-refractivity contribution in [2.24, 2.45) is 5.73 Å². The summed E-state index contributed by atoms with van der Waals surface area (Å²) in [7, 11) is 0. The molecule has 0 saturated carbocycles. The van der Waals surface area contributed by atoms with Crippen molar-refractivity contribution >= 4 is 38.5 Å². The molecule has 3 heterocycles. The second-order valence-corrected chi connectivity index (χ2v) is 7.33. The topological polar surface area (TPSA) is 60.2 Å². The van der Waals surface area contributed by atoms with Crippen molar-refractivity contribution in [2.75, 3.05) is 6.54 Å². The van der Waals surface area contributed by atoms with E-state index in [9.17, 15) is 0 Å². The van der Waals surface area contributed by atoms with Gasteiger partial charge in [-0.1, -0.05) is 0 Å². The standard InChI is InChI=1S/C15H11BrIN3O/c16-8-3-11-14(19-6-8)21-12-2-1-9(17)4-10(12)15(11)5-13(18)20-7-15/h1-6,20H,7,18H2/t15-/m0/s1. The van der Waals surface area contributed by atoms with E-state index in [0.29, 0.717) is 18.2 Å². The van der Waals surface area contributed by atoms with Crippen LogP contribution in [0.25, 0.3) is 0 Å². The molecule has 2 aliphatic heterocycles. The van der Waals surface area contributed by atoms with Crippen molar-refractivity contribution in [3.63, 3.8) is 0 Å². The maximum absolute atomic E-state index is 6.01. The summed E-state index contributed by atoms with van der Waals surface area (Å²) in [6, 6.07) is 8.23. The fourth-order valence-electron chi connectivity index (χ4n) is 2.97. The molecule has 1 aromatic carbocycles. The fraction of sp³-hybridized carbons (Fsp3) is 0.133. The first-order valence-corrected chi connectivity index (χ1v) is 8.32. The smallest absolute Gasteiger partial charge is 0.223 e. The first-order chi connectivity index (χ1) is 10.1. The molecule has 21 heavy (non-hydrogen) atoms. The van der Waals surface area contributed by atoms with Gasteiger partial charge in [-0.2, -0.15) is 0 Å². The van der Waals surface area contributed by atoms with Gasteiger partial charge in [-0.3, -0.25) is 0 Å². The maximum Gasteiger partial charge on any atom is 0.223 e. The quantitative estimate of drug-likeness (QED) is 0.598. The third-order valence-electron chi connectivity index (χ3n) is 3.90. The largest absolute Gasteiger partial charge is 0.438 e. The molecule has 1 spiro atoms. The van der Waals surface area contributed by atoms with E-state index in [1.165, 1.54) is 3.57 Å². The third kappa shape index (κ3) is 1.96. The molecule has 1 aromatic heterocycles. The van der Waals surface area contributed by atoms with Gasteiger partial charge < -0.3 is 15.8 Å². The van der Waals surface area contributed by atoms with Crippen LogP contribution in [-0.2, 0) is 5.41 Å². The first-order valence-electron chi connectivity index (χ1n) is 6.45. The Hall–Kier alpha value is -1.28. The van der Waals surface area contributed by atoms with Gasteiger partial charge in [0.2, 0.25) is 5.88 Å². The SMILES string of the molecule is NC1=C[C@]2(CN1)c1cc(I)ccc1Oc1ncc(Br)cc12. The van der Waals surface area contributed by atoms with Crippen molar-refractivity contribution in [1.82, 2.24) is 10.3 Å². The van der Waals surface area contributed by atoms with E-state index in [-0.39, 0.29) is 5.41 Å². The van der Waals surface area contributed by atoms with Crippen LogP contribution in [0.3, 0.4) is 0 Å². The summed E-state index contributed by atoms with van der Waals surface area (Å²) < 4.78 is 8.07. The van der Waals surface area contributed by atoms with Crippen LogP contribution in [-0.4, -0.2) is 11.5 Å². The van der Waals surface area contributed by atoms with Crippen LogP contribution in [0.2, 0.25) is 0 Å². The van der Waals surface area contributed by atoms with E-state index in [1.807, 2.05) is 12.1 Å². The van der Waals surface area contributed by atoms with Crippen molar-refractivity contribution in [2.45, 2.75) is 5.41 Å². The van der Waals surface area contributed by atoms with Gasteiger partial charge >= 0.3 is 0 Å². The lowest BCUT2D eigenvalue weighted by molar-refractivity contribution is 0.407. The van der Waals surface area contributed by atoms with Crippen molar-refractivity contribution in [1.29, 1.82) is 0 Å². The summed E-state index contributed by atoms with van der Waals surface area (Å²) in [5, 5.41) is 3.24. The Labute approximate surface area is 144 Å². The van der Waals surface area contributed by atoms with Crippen molar-refractivity contribution in [3.8, 4) is 11.6 Å². The van der Waals surface area contributed by atoms with Crippen LogP contribution >= 0.6 is 38.5 Å². The average Bonchev–Trinajstić information content (AvgIpc) is 2.84. The van der Waals surface area contributed by atoms with Crippen LogP contribution in [0.4, 0.5) is 0 Å². The minimum atomic E-state index is -0.328. The van der Waals surface area contributed by atoms with Gasteiger partial charge in [-0.15, -0.1) is 0 Å². The van der Waals surface area contributed by atoms with Gasteiger partial charge in [-0.05, 0) is 68.9 Å². The lowest BCUT2D eigenvalue weighted by Crippen LogP contribution is -2.34. The number of benzene rings is 1. The molecule has 4 nitrogen and oxygen atoms in total. The predicted octanol–water partition coefficient (Wildman–Crippen LogP) is 3.24. The third-order valence-corrected chi connectivity index (χ3v) is 5.01. The molecule has 0 unspecified atom stereocenters. The van der Waals surface area contributed by atoms with Crippen LogP contribution in [0.5, 0.6) is 11.6 Å². The van der Waals surface area contributed by atoms with Crippen molar-refractivity contribution < 1.29 is 4.74 Å². The van der Waals surface area contributed by atoms with Gasteiger partial charge in [0.25, 0.3) is 0 Å². The van der Waals surface area contributed by atoms with E-state index < -0.39 is 0 Å². The molecule has 2 aliphatic rings. The number of rotatable bonds is 0. The first kappa shape index (κ1) is 13.4. The van der Waals surface area contributed by atoms with Crippen LogP contribution < -0.4 is 15.8 Å². The number of nitrogens with two attached hydrogens (primary N) is 1. The summed E-state index contributed by atoms with van der Waals surface area (Å²) in [5.41, 5.74) is 7.82. The Morgan fingerprint density at radius 1 is 1.33 bits per heavy atom. The molecule has 3 N–H and O–H groups in total. The predicted molar refractivity (Wildman–Crippen MR) is 92.2 cm³/mol. The second-order valence-electron chi connectivity index (χ2n) is 5.17. The monoisotopic (exact) mass is 455 g/mol. The van der Waals surface area contributed by atoms with E-state index in [1.54, 1.807) is 6.20 Å². The molecule has 1 atom stereocenters. The van der Waals surface area contributed by atoms with Gasteiger partial charge in [0.05, 0.1) is 11.2 Å². The van der Waals surface area contributed by atoms with Crippen molar-refractivity contribution in [3.05, 3.63) is 61.5 Å². The Morgan fingerprint density at radius 3 is 2.95 bits per heavy atom. The molecular formula is C15H11BrIN3O. The number of hydrogen-bond acceptors (Lipinski definition) is 4. The average molecular weight is 456 g/mol. The Morgan fingerprint density at radius 2 is 2.19 bits per heavy atom.